The summed E-state index contributed by atoms with van der Waals surface area (Å²) in [6, 6.07) is 3.25. The van der Waals surface area contributed by atoms with Crippen molar-refractivity contribution in [2.45, 2.75) is 25.9 Å². The fraction of sp³-hybridized carbons (Fsp3) is 0.421. The van der Waals surface area contributed by atoms with Crippen molar-refractivity contribution in [3.8, 4) is 0 Å². The topological polar surface area (TPSA) is 41.6 Å². The molecule has 0 fully saturated rings. The van der Waals surface area contributed by atoms with Crippen molar-refractivity contribution in [3.05, 3.63) is 52.8 Å². The third-order valence-electron chi connectivity index (χ3n) is 3.45. The molecule has 150 valence electrons. The average molecular weight is 405 g/mol. The Bertz CT molecular complexity index is 686. The van der Waals surface area contributed by atoms with E-state index >= 15 is 0 Å². The molecule has 0 spiro atoms. The number of hydrogen-bond donors (Lipinski definition) is 1. The van der Waals surface area contributed by atoms with Gasteiger partial charge in [0.25, 0.3) is 0 Å². The number of halogens is 4. The van der Waals surface area contributed by atoms with Gasteiger partial charge in [-0.15, -0.1) is 0 Å². The molecule has 0 unspecified atom stereocenters. The van der Waals surface area contributed by atoms with Crippen molar-refractivity contribution in [1.82, 2.24) is 4.90 Å². The molecule has 0 saturated carbocycles. The van der Waals surface area contributed by atoms with E-state index in [9.17, 15) is 18.0 Å². The largest absolute Gasteiger partial charge is 0.497 e. The van der Waals surface area contributed by atoms with E-state index in [1.54, 1.807) is 18.2 Å². The lowest BCUT2D eigenvalue weighted by atomic mass is 10.2. The molecule has 0 radical (unpaired) electrons. The molecule has 0 aliphatic heterocycles. The summed E-state index contributed by atoms with van der Waals surface area (Å²) in [5.74, 6) is 0.364. The number of alkyl halides is 3. The zero-order valence-electron chi connectivity index (χ0n) is 15.6. The van der Waals surface area contributed by atoms with Gasteiger partial charge in [0.1, 0.15) is 6.61 Å². The quantitative estimate of drug-likeness (QED) is 0.459. The van der Waals surface area contributed by atoms with Crippen LogP contribution in [-0.2, 0) is 15.7 Å². The van der Waals surface area contributed by atoms with Crippen molar-refractivity contribution in [2.24, 2.45) is 0 Å². The van der Waals surface area contributed by atoms with Crippen LogP contribution in [0.15, 0.2) is 42.2 Å². The van der Waals surface area contributed by atoms with Crippen molar-refractivity contribution in [1.29, 1.82) is 0 Å². The molecule has 1 rings (SSSR count). The van der Waals surface area contributed by atoms with Gasteiger partial charge in [-0.1, -0.05) is 30.7 Å². The maximum absolute atomic E-state index is 12.8. The first kappa shape index (κ1) is 23.0. The van der Waals surface area contributed by atoms with Crippen LogP contribution in [0, 0.1) is 0 Å². The number of carbonyl (C=O) groups excluding carboxylic acids is 1. The minimum Gasteiger partial charge on any atom is -0.497 e. The van der Waals surface area contributed by atoms with Crippen LogP contribution in [0.25, 0.3) is 0 Å². The van der Waals surface area contributed by atoms with Gasteiger partial charge in [-0.2, -0.15) is 13.2 Å². The molecule has 1 aromatic rings. The van der Waals surface area contributed by atoms with Crippen LogP contribution in [0.1, 0.15) is 25.3 Å². The first-order valence-corrected chi connectivity index (χ1v) is 8.81. The number of likely N-dealkylation sites (N-methyl/N-ethyl adjacent to an activating group) is 1. The van der Waals surface area contributed by atoms with Crippen LogP contribution in [0.2, 0.25) is 5.02 Å². The van der Waals surface area contributed by atoms with Gasteiger partial charge in [0.05, 0.1) is 16.3 Å². The van der Waals surface area contributed by atoms with Crippen LogP contribution < -0.4 is 5.32 Å². The van der Waals surface area contributed by atoms with E-state index in [2.05, 4.69) is 5.32 Å². The molecule has 1 aromatic carbocycles. The molecule has 0 saturated heterocycles. The predicted octanol–water partition coefficient (Wildman–Crippen LogP) is 5.12. The highest BCUT2D eigenvalue weighted by Gasteiger charge is 2.33. The number of anilines is 1. The van der Waals surface area contributed by atoms with Gasteiger partial charge >= 0.3 is 6.18 Å². The molecule has 0 aliphatic carbocycles. The van der Waals surface area contributed by atoms with Gasteiger partial charge in [-0.25, -0.2) is 0 Å². The number of amides is 1. The molecule has 4 nitrogen and oxygen atoms in total. The van der Waals surface area contributed by atoms with Gasteiger partial charge in [-0.3, -0.25) is 4.79 Å². The van der Waals surface area contributed by atoms with Crippen molar-refractivity contribution < 1.29 is 22.7 Å². The third-order valence-corrected chi connectivity index (χ3v) is 3.78. The summed E-state index contributed by atoms with van der Waals surface area (Å²) in [5.41, 5.74) is -0.940. The maximum atomic E-state index is 12.8. The summed E-state index contributed by atoms with van der Waals surface area (Å²) in [5, 5.41) is 2.01. The number of nitrogens with one attached hydrogen (secondary N) is 1. The summed E-state index contributed by atoms with van der Waals surface area (Å²) < 4.78 is 44.1. The van der Waals surface area contributed by atoms with Crippen molar-refractivity contribution in [3.63, 3.8) is 0 Å². The van der Waals surface area contributed by atoms with Crippen LogP contribution in [0.3, 0.4) is 0 Å². The van der Waals surface area contributed by atoms with Gasteiger partial charge in [0.2, 0.25) is 5.91 Å². The zero-order valence-corrected chi connectivity index (χ0v) is 16.3. The molecule has 0 bridgehead atoms. The summed E-state index contributed by atoms with van der Waals surface area (Å²) in [6.45, 7) is 3.32. The fourth-order valence-electron chi connectivity index (χ4n) is 2.01. The third kappa shape index (κ3) is 8.97. The summed E-state index contributed by atoms with van der Waals surface area (Å²) in [7, 11) is 3.91. The van der Waals surface area contributed by atoms with Gasteiger partial charge in [-0.05, 0) is 38.4 Å². The van der Waals surface area contributed by atoms with E-state index < -0.39 is 22.7 Å². The second-order valence-electron chi connectivity index (χ2n) is 6.01. The lowest BCUT2D eigenvalue weighted by Crippen LogP contribution is -2.17. The molecule has 27 heavy (non-hydrogen) atoms. The Hall–Kier alpha value is -1.99. The van der Waals surface area contributed by atoms with Crippen LogP contribution in [-0.4, -0.2) is 38.1 Å². The summed E-state index contributed by atoms with van der Waals surface area (Å²) in [6.07, 6.45) is 1.24. The highest BCUT2D eigenvalue weighted by Crippen LogP contribution is 2.36. The van der Waals surface area contributed by atoms with Crippen molar-refractivity contribution >= 4 is 23.2 Å². The van der Waals surface area contributed by atoms with Crippen LogP contribution in [0.4, 0.5) is 18.9 Å². The fourth-order valence-corrected chi connectivity index (χ4v) is 2.23. The second kappa shape index (κ2) is 11.0. The number of rotatable bonds is 9. The lowest BCUT2D eigenvalue weighted by Gasteiger charge is -2.12. The molecule has 0 atom stereocenters. The Morgan fingerprint density at radius 2 is 2.04 bits per heavy atom. The number of hydrogen-bond acceptors (Lipinski definition) is 3. The SMILES string of the molecule is CC/C(=C\C=C/CC(=O)Nc1ccc(Cl)c(C(F)(F)F)c1)OCCN(C)C. The average Bonchev–Trinajstić information content (AvgIpc) is 2.57. The Balaban J connectivity index is 2.57. The first-order valence-electron chi connectivity index (χ1n) is 8.43. The molecule has 8 heteroatoms. The highest BCUT2D eigenvalue weighted by atomic mass is 35.5. The highest BCUT2D eigenvalue weighted by molar-refractivity contribution is 6.31. The second-order valence-corrected chi connectivity index (χ2v) is 6.42. The first-order chi connectivity index (χ1) is 12.6. The molecule has 0 aliphatic rings. The molecular weight excluding hydrogens is 381 g/mol. The zero-order chi connectivity index (χ0) is 20.4. The Morgan fingerprint density at radius 1 is 1.33 bits per heavy atom. The molecule has 0 heterocycles. The van der Waals surface area contributed by atoms with Crippen molar-refractivity contribution in [2.75, 3.05) is 32.6 Å². The number of carbonyl (C=O) groups is 1. The van der Waals surface area contributed by atoms with E-state index in [0.29, 0.717) is 6.61 Å². The van der Waals surface area contributed by atoms with E-state index in [0.717, 1.165) is 30.9 Å². The molecule has 1 amide bonds. The standard InChI is InChI=1S/C19H24ClF3N2O2/c1-4-15(27-12-11-25(2)3)7-5-6-8-18(26)24-14-9-10-17(20)16(13-14)19(21,22)23/h5-7,9-10,13H,4,8,11-12H2,1-3H3,(H,24,26)/b6-5-,15-7+. The van der Waals surface area contributed by atoms with E-state index in [-0.39, 0.29) is 12.1 Å². The van der Waals surface area contributed by atoms with E-state index in [4.69, 9.17) is 16.3 Å². The van der Waals surface area contributed by atoms with Gasteiger partial charge in [0.15, 0.2) is 0 Å². The molecule has 1 N–H and O–H groups in total. The van der Waals surface area contributed by atoms with Crippen LogP contribution >= 0.6 is 11.6 Å². The van der Waals surface area contributed by atoms with E-state index in [1.807, 2.05) is 25.9 Å². The number of ether oxygens (including phenoxy) is 1. The minimum absolute atomic E-state index is 0.0230. The summed E-state index contributed by atoms with van der Waals surface area (Å²) >= 11 is 5.55. The molecule has 0 aromatic heterocycles. The monoisotopic (exact) mass is 404 g/mol. The van der Waals surface area contributed by atoms with Gasteiger partial charge in [0, 0.05) is 25.1 Å². The van der Waals surface area contributed by atoms with Gasteiger partial charge < -0.3 is 15.0 Å². The number of allylic oxidation sites excluding steroid dienone is 3. The molecular formula is C19H24ClF3N2O2. The normalized spacial score (nSPS) is 12.7. The van der Waals surface area contributed by atoms with E-state index in [1.165, 1.54) is 6.07 Å². The maximum Gasteiger partial charge on any atom is 0.417 e. The lowest BCUT2D eigenvalue weighted by molar-refractivity contribution is -0.137. The minimum atomic E-state index is -4.58. The Labute approximate surface area is 162 Å². The number of benzene rings is 1. The van der Waals surface area contributed by atoms with Crippen LogP contribution in [0.5, 0.6) is 0 Å². The Morgan fingerprint density at radius 3 is 2.63 bits per heavy atom. The predicted molar refractivity (Wildman–Crippen MR) is 102 cm³/mol. The summed E-state index contributed by atoms with van der Waals surface area (Å²) in [4.78, 5) is 13.9. The smallest absolute Gasteiger partial charge is 0.417 e. The Kier molecular flexibility index (Phi) is 9.38. The number of nitrogens with zero attached hydrogens (tertiary/aromatic N) is 1.